The van der Waals surface area contributed by atoms with E-state index >= 15 is 0 Å². The molecule has 2 aromatic heterocycles. The number of thiophene rings is 1. The molecular formula is C26H30ClN5O3S. The van der Waals surface area contributed by atoms with Crippen molar-refractivity contribution in [3.05, 3.63) is 56.9 Å². The van der Waals surface area contributed by atoms with Gasteiger partial charge < -0.3 is 15.6 Å². The smallest absolute Gasteiger partial charge is 0.295 e. The summed E-state index contributed by atoms with van der Waals surface area (Å²) in [5.41, 5.74) is 1.84. The summed E-state index contributed by atoms with van der Waals surface area (Å²) in [5.74, 6) is 4.75. The molecule has 10 heteroatoms. The SMILES string of the molecule is CC1(C)CN(Cc2ccsc2)CCN1C(=O)c1cc2c(C(=O)C(=O)N3CCCC3)cn(N)c2cc1Cl. The van der Waals surface area contributed by atoms with Gasteiger partial charge in [-0.2, -0.15) is 11.3 Å². The number of amides is 2. The highest BCUT2D eigenvalue weighted by molar-refractivity contribution is 7.07. The summed E-state index contributed by atoms with van der Waals surface area (Å²) >= 11 is 8.26. The number of ketones is 1. The summed E-state index contributed by atoms with van der Waals surface area (Å²) in [6, 6.07) is 5.34. The van der Waals surface area contributed by atoms with Crippen LogP contribution in [-0.2, 0) is 11.3 Å². The monoisotopic (exact) mass is 527 g/mol. The number of benzene rings is 1. The Morgan fingerprint density at radius 3 is 2.50 bits per heavy atom. The third-order valence-corrected chi connectivity index (χ3v) is 8.24. The molecule has 4 heterocycles. The molecule has 0 bridgehead atoms. The largest absolute Gasteiger partial charge is 0.339 e. The second-order valence-electron chi connectivity index (χ2n) is 10.2. The Morgan fingerprint density at radius 1 is 1.08 bits per heavy atom. The number of hydrogen-bond donors (Lipinski definition) is 1. The molecule has 2 saturated heterocycles. The van der Waals surface area contributed by atoms with E-state index in [2.05, 4.69) is 35.6 Å². The van der Waals surface area contributed by atoms with E-state index in [0.717, 1.165) is 32.5 Å². The molecule has 2 amide bonds. The Morgan fingerprint density at radius 2 is 1.83 bits per heavy atom. The molecule has 36 heavy (non-hydrogen) atoms. The molecule has 2 N–H and O–H groups in total. The van der Waals surface area contributed by atoms with Crippen LogP contribution >= 0.6 is 22.9 Å². The van der Waals surface area contributed by atoms with Crippen LogP contribution in [0.5, 0.6) is 0 Å². The molecule has 0 aliphatic carbocycles. The highest BCUT2D eigenvalue weighted by Crippen LogP contribution is 2.32. The second-order valence-corrected chi connectivity index (χ2v) is 11.4. The lowest BCUT2D eigenvalue weighted by Gasteiger charge is -2.47. The summed E-state index contributed by atoms with van der Waals surface area (Å²) in [7, 11) is 0. The summed E-state index contributed by atoms with van der Waals surface area (Å²) in [5, 5.41) is 4.94. The first kappa shape index (κ1) is 24.8. The Kier molecular flexibility index (Phi) is 6.57. The van der Waals surface area contributed by atoms with Gasteiger partial charge in [-0.1, -0.05) is 11.6 Å². The summed E-state index contributed by atoms with van der Waals surface area (Å²) in [6.45, 7) is 8.14. The van der Waals surface area contributed by atoms with Gasteiger partial charge in [0, 0.05) is 50.9 Å². The highest BCUT2D eigenvalue weighted by Gasteiger charge is 2.38. The van der Waals surface area contributed by atoms with E-state index in [-0.39, 0.29) is 16.5 Å². The van der Waals surface area contributed by atoms with Crippen LogP contribution < -0.4 is 5.84 Å². The average Bonchev–Trinajstić information content (AvgIpc) is 3.59. The average molecular weight is 528 g/mol. The minimum Gasteiger partial charge on any atom is -0.339 e. The maximum Gasteiger partial charge on any atom is 0.295 e. The predicted octanol–water partition coefficient (Wildman–Crippen LogP) is 3.61. The van der Waals surface area contributed by atoms with E-state index in [9.17, 15) is 14.4 Å². The fraction of sp³-hybridized carbons (Fsp3) is 0.423. The van der Waals surface area contributed by atoms with Crippen molar-refractivity contribution >= 4 is 51.4 Å². The van der Waals surface area contributed by atoms with Gasteiger partial charge in [0.1, 0.15) is 0 Å². The Bertz CT molecular complexity index is 1330. The van der Waals surface area contributed by atoms with Crippen LogP contribution in [0.25, 0.3) is 10.9 Å². The van der Waals surface area contributed by atoms with Gasteiger partial charge in [-0.3, -0.25) is 24.0 Å². The molecule has 5 rings (SSSR count). The van der Waals surface area contributed by atoms with Gasteiger partial charge in [-0.05, 0) is 61.2 Å². The summed E-state index contributed by atoms with van der Waals surface area (Å²) < 4.78 is 1.28. The topological polar surface area (TPSA) is 91.9 Å². The maximum atomic E-state index is 13.8. The normalized spacial score (nSPS) is 18.2. The lowest BCUT2D eigenvalue weighted by atomic mass is 9.96. The minimum atomic E-state index is -0.616. The number of fused-ring (bicyclic) bond motifs is 1. The van der Waals surface area contributed by atoms with Crippen molar-refractivity contribution in [1.82, 2.24) is 19.4 Å². The fourth-order valence-corrected chi connectivity index (χ4v) is 6.25. The molecule has 0 unspecified atom stereocenters. The van der Waals surface area contributed by atoms with E-state index in [1.165, 1.54) is 16.4 Å². The molecule has 2 aliphatic rings. The number of halogens is 1. The van der Waals surface area contributed by atoms with Crippen molar-refractivity contribution in [2.45, 2.75) is 38.8 Å². The molecule has 1 aromatic carbocycles. The Balaban J connectivity index is 1.42. The van der Waals surface area contributed by atoms with E-state index in [1.54, 1.807) is 28.4 Å². The predicted molar refractivity (Wildman–Crippen MR) is 142 cm³/mol. The minimum absolute atomic E-state index is 0.190. The molecular weight excluding hydrogens is 498 g/mol. The van der Waals surface area contributed by atoms with Crippen molar-refractivity contribution in [2.24, 2.45) is 0 Å². The molecule has 2 fully saturated rings. The molecule has 0 atom stereocenters. The Hall–Kier alpha value is -2.88. The summed E-state index contributed by atoms with van der Waals surface area (Å²) in [6.07, 6.45) is 3.23. The first-order chi connectivity index (χ1) is 17.2. The van der Waals surface area contributed by atoms with E-state index in [0.29, 0.717) is 36.1 Å². The van der Waals surface area contributed by atoms with Gasteiger partial charge in [0.15, 0.2) is 0 Å². The molecule has 0 spiro atoms. The molecule has 0 saturated carbocycles. The lowest BCUT2D eigenvalue weighted by molar-refractivity contribution is -0.125. The van der Waals surface area contributed by atoms with Crippen molar-refractivity contribution < 1.29 is 14.4 Å². The van der Waals surface area contributed by atoms with Crippen molar-refractivity contribution in [1.29, 1.82) is 0 Å². The van der Waals surface area contributed by atoms with Gasteiger partial charge in [-0.15, -0.1) is 0 Å². The third kappa shape index (κ3) is 4.51. The summed E-state index contributed by atoms with van der Waals surface area (Å²) in [4.78, 5) is 45.4. The number of aromatic nitrogens is 1. The number of rotatable bonds is 5. The Labute approximate surface area is 219 Å². The molecule has 3 aromatic rings. The van der Waals surface area contributed by atoms with Crippen molar-refractivity contribution in [3.8, 4) is 0 Å². The number of Topliss-reactive ketones (excluding diaryl/α,β-unsaturated/α-hetero) is 1. The van der Waals surface area contributed by atoms with E-state index in [1.807, 2.05) is 4.90 Å². The van der Waals surface area contributed by atoms with Crippen molar-refractivity contribution in [3.63, 3.8) is 0 Å². The van der Waals surface area contributed by atoms with Gasteiger partial charge >= 0.3 is 0 Å². The molecule has 0 radical (unpaired) electrons. The first-order valence-corrected chi connectivity index (χ1v) is 13.5. The van der Waals surface area contributed by atoms with E-state index < -0.39 is 17.2 Å². The molecule has 8 nitrogen and oxygen atoms in total. The first-order valence-electron chi connectivity index (χ1n) is 12.1. The highest BCUT2D eigenvalue weighted by atomic mass is 35.5. The number of piperazine rings is 1. The van der Waals surface area contributed by atoms with Crippen LogP contribution in [0.4, 0.5) is 0 Å². The van der Waals surface area contributed by atoms with Crippen LogP contribution in [-0.4, -0.2) is 75.2 Å². The molecule has 190 valence electrons. The fourth-order valence-electron chi connectivity index (χ4n) is 5.35. The number of carbonyl (C=O) groups is 3. The number of hydrogen-bond acceptors (Lipinski definition) is 6. The van der Waals surface area contributed by atoms with E-state index in [4.69, 9.17) is 17.4 Å². The molecule has 2 aliphatic heterocycles. The second kappa shape index (κ2) is 9.53. The third-order valence-electron chi connectivity index (χ3n) is 7.20. The zero-order valence-electron chi connectivity index (χ0n) is 20.5. The maximum absolute atomic E-state index is 13.8. The standard InChI is InChI=1S/C26H30ClN5O3S/c1-26(2)16-29(13-17-5-10-36-15-17)8-9-31(26)24(34)19-11-18-20(14-32(28)22(18)12-21(19)27)23(33)25(35)30-6-3-4-7-30/h5,10-12,14-15H,3-4,6-9,13,16,28H2,1-2H3. The lowest BCUT2D eigenvalue weighted by Crippen LogP contribution is -2.60. The van der Waals surface area contributed by atoms with Gasteiger partial charge in [-0.25, -0.2) is 0 Å². The number of nitrogens with zero attached hydrogens (tertiary/aromatic N) is 4. The number of nitrogen functional groups attached to an aromatic ring is 1. The zero-order chi connectivity index (χ0) is 25.6. The quantitative estimate of drug-likeness (QED) is 0.311. The van der Waals surface area contributed by atoms with Crippen LogP contribution in [0.1, 0.15) is 53.0 Å². The van der Waals surface area contributed by atoms with Crippen LogP contribution in [0.15, 0.2) is 35.2 Å². The number of nitrogens with two attached hydrogens (primary N) is 1. The van der Waals surface area contributed by atoms with Crippen molar-refractivity contribution in [2.75, 3.05) is 38.6 Å². The number of carbonyl (C=O) groups excluding carboxylic acids is 3. The van der Waals surface area contributed by atoms with Gasteiger partial charge in [0.25, 0.3) is 17.6 Å². The van der Waals surface area contributed by atoms with Gasteiger partial charge in [0.2, 0.25) is 0 Å². The van der Waals surface area contributed by atoms with Gasteiger partial charge in [0.05, 0.1) is 27.2 Å². The van der Waals surface area contributed by atoms with Crippen LogP contribution in [0.2, 0.25) is 5.02 Å². The van der Waals surface area contributed by atoms with Crippen LogP contribution in [0.3, 0.4) is 0 Å². The van der Waals surface area contributed by atoms with Crippen LogP contribution in [0, 0.1) is 0 Å². The number of likely N-dealkylation sites (tertiary alicyclic amines) is 1. The zero-order valence-corrected chi connectivity index (χ0v) is 22.1.